The fourth-order valence-electron chi connectivity index (χ4n) is 2.12. The monoisotopic (exact) mass is 319 g/mol. The standard InChI is InChI=1S/C18H22ClNO2/c1-14(16-5-3-2-4-6-16)20-11-18(21)13-22-12-15-7-9-17(19)10-8-15/h2-10,14,18,20-21H,11-13H2,1H3/t14-,18-/m0/s1. The summed E-state index contributed by atoms with van der Waals surface area (Å²) in [5, 5.41) is 14.0. The summed E-state index contributed by atoms with van der Waals surface area (Å²) in [5.41, 5.74) is 2.25. The van der Waals surface area contributed by atoms with Crippen LogP contribution in [0.15, 0.2) is 54.6 Å². The van der Waals surface area contributed by atoms with Gasteiger partial charge in [0.15, 0.2) is 0 Å². The lowest BCUT2D eigenvalue weighted by molar-refractivity contribution is 0.0278. The minimum absolute atomic E-state index is 0.201. The van der Waals surface area contributed by atoms with Gasteiger partial charge in [-0.15, -0.1) is 0 Å². The number of rotatable bonds is 8. The number of benzene rings is 2. The van der Waals surface area contributed by atoms with Gasteiger partial charge in [-0.05, 0) is 30.2 Å². The van der Waals surface area contributed by atoms with E-state index in [0.717, 1.165) is 5.56 Å². The molecule has 0 aliphatic carbocycles. The normalized spacial score (nSPS) is 13.8. The second-order valence-corrected chi connectivity index (χ2v) is 5.77. The predicted molar refractivity (Wildman–Crippen MR) is 90.0 cm³/mol. The van der Waals surface area contributed by atoms with Crippen molar-refractivity contribution in [1.29, 1.82) is 0 Å². The molecule has 22 heavy (non-hydrogen) atoms. The van der Waals surface area contributed by atoms with Gasteiger partial charge in [-0.25, -0.2) is 0 Å². The van der Waals surface area contributed by atoms with Gasteiger partial charge in [0.1, 0.15) is 0 Å². The van der Waals surface area contributed by atoms with E-state index in [2.05, 4.69) is 24.4 Å². The summed E-state index contributed by atoms with van der Waals surface area (Å²) >= 11 is 5.83. The zero-order chi connectivity index (χ0) is 15.8. The van der Waals surface area contributed by atoms with Crippen molar-refractivity contribution in [3.63, 3.8) is 0 Å². The van der Waals surface area contributed by atoms with E-state index in [1.54, 1.807) is 0 Å². The number of nitrogens with one attached hydrogen (secondary N) is 1. The van der Waals surface area contributed by atoms with Crippen molar-refractivity contribution in [3.05, 3.63) is 70.7 Å². The fraction of sp³-hybridized carbons (Fsp3) is 0.333. The SMILES string of the molecule is C[C@H](NC[C@H](O)COCc1ccc(Cl)cc1)c1ccccc1. The van der Waals surface area contributed by atoms with Crippen molar-refractivity contribution in [2.24, 2.45) is 0 Å². The maximum Gasteiger partial charge on any atom is 0.0898 e. The third-order valence-electron chi connectivity index (χ3n) is 3.45. The summed E-state index contributed by atoms with van der Waals surface area (Å²) in [5.74, 6) is 0. The lowest BCUT2D eigenvalue weighted by Crippen LogP contribution is -2.32. The Bertz CT molecular complexity index is 545. The van der Waals surface area contributed by atoms with Crippen molar-refractivity contribution in [2.75, 3.05) is 13.2 Å². The van der Waals surface area contributed by atoms with Crippen LogP contribution >= 0.6 is 11.6 Å². The van der Waals surface area contributed by atoms with Crippen LogP contribution in [-0.2, 0) is 11.3 Å². The van der Waals surface area contributed by atoms with Crippen LogP contribution in [0, 0.1) is 0 Å². The Morgan fingerprint density at radius 2 is 1.77 bits per heavy atom. The molecule has 0 spiro atoms. The van der Waals surface area contributed by atoms with Crippen LogP contribution < -0.4 is 5.32 Å². The largest absolute Gasteiger partial charge is 0.389 e. The van der Waals surface area contributed by atoms with Crippen LogP contribution in [0.2, 0.25) is 5.02 Å². The van der Waals surface area contributed by atoms with Gasteiger partial charge in [0.2, 0.25) is 0 Å². The van der Waals surface area contributed by atoms with E-state index in [4.69, 9.17) is 16.3 Å². The van der Waals surface area contributed by atoms with Gasteiger partial charge in [0.25, 0.3) is 0 Å². The molecule has 118 valence electrons. The van der Waals surface area contributed by atoms with Crippen LogP contribution in [0.4, 0.5) is 0 Å². The highest BCUT2D eigenvalue weighted by Crippen LogP contribution is 2.12. The molecular formula is C18H22ClNO2. The van der Waals surface area contributed by atoms with Gasteiger partial charge in [-0.2, -0.15) is 0 Å². The van der Waals surface area contributed by atoms with Gasteiger partial charge in [0, 0.05) is 17.6 Å². The third-order valence-corrected chi connectivity index (χ3v) is 3.70. The Kier molecular flexibility index (Phi) is 6.87. The Morgan fingerprint density at radius 1 is 1.09 bits per heavy atom. The van der Waals surface area contributed by atoms with E-state index in [1.807, 2.05) is 42.5 Å². The first-order chi connectivity index (χ1) is 10.6. The van der Waals surface area contributed by atoms with Gasteiger partial charge in [-0.1, -0.05) is 54.1 Å². The second kappa shape index (κ2) is 8.91. The van der Waals surface area contributed by atoms with Gasteiger partial charge >= 0.3 is 0 Å². The van der Waals surface area contributed by atoms with Crippen molar-refractivity contribution in [2.45, 2.75) is 25.7 Å². The van der Waals surface area contributed by atoms with Crippen LogP contribution in [-0.4, -0.2) is 24.4 Å². The number of ether oxygens (including phenoxy) is 1. The molecular weight excluding hydrogens is 298 g/mol. The van der Waals surface area contributed by atoms with E-state index in [1.165, 1.54) is 5.56 Å². The highest BCUT2D eigenvalue weighted by Gasteiger charge is 2.08. The molecule has 0 aliphatic heterocycles. The summed E-state index contributed by atoms with van der Waals surface area (Å²) in [7, 11) is 0. The zero-order valence-electron chi connectivity index (χ0n) is 12.7. The minimum atomic E-state index is -0.529. The summed E-state index contributed by atoms with van der Waals surface area (Å²) in [6.45, 7) is 3.35. The lowest BCUT2D eigenvalue weighted by atomic mass is 10.1. The minimum Gasteiger partial charge on any atom is -0.389 e. The molecule has 2 rings (SSSR count). The number of hydrogen-bond acceptors (Lipinski definition) is 3. The van der Waals surface area contributed by atoms with Crippen LogP contribution in [0.5, 0.6) is 0 Å². The molecule has 0 aliphatic rings. The molecule has 3 nitrogen and oxygen atoms in total. The Hall–Kier alpha value is -1.39. The summed E-state index contributed by atoms with van der Waals surface area (Å²) < 4.78 is 5.53. The molecule has 2 N–H and O–H groups in total. The van der Waals surface area contributed by atoms with E-state index >= 15 is 0 Å². The first-order valence-corrected chi connectivity index (χ1v) is 7.81. The topological polar surface area (TPSA) is 41.5 Å². The summed E-state index contributed by atoms with van der Waals surface area (Å²) in [4.78, 5) is 0. The molecule has 0 radical (unpaired) electrons. The smallest absolute Gasteiger partial charge is 0.0898 e. The number of hydrogen-bond donors (Lipinski definition) is 2. The molecule has 0 aromatic heterocycles. The molecule has 0 unspecified atom stereocenters. The second-order valence-electron chi connectivity index (χ2n) is 5.34. The fourth-order valence-corrected chi connectivity index (χ4v) is 2.25. The van der Waals surface area contributed by atoms with E-state index < -0.39 is 6.10 Å². The highest BCUT2D eigenvalue weighted by atomic mass is 35.5. The maximum atomic E-state index is 9.96. The van der Waals surface area contributed by atoms with Gasteiger partial charge < -0.3 is 15.2 Å². The van der Waals surface area contributed by atoms with Crippen molar-refractivity contribution < 1.29 is 9.84 Å². The summed E-state index contributed by atoms with van der Waals surface area (Å²) in [6, 6.07) is 17.9. The van der Waals surface area contributed by atoms with Crippen molar-refractivity contribution in [1.82, 2.24) is 5.32 Å². The molecule has 0 heterocycles. The maximum absolute atomic E-state index is 9.96. The van der Waals surface area contributed by atoms with Crippen LogP contribution in [0.25, 0.3) is 0 Å². The van der Waals surface area contributed by atoms with E-state index in [-0.39, 0.29) is 6.04 Å². The van der Waals surface area contributed by atoms with E-state index in [0.29, 0.717) is 24.8 Å². The first-order valence-electron chi connectivity index (χ1n) is 7.43. The molecule has 2 aromatic carbocycles. The third kappa shape index (κ3) is 5.78. The Balaban J connectivity index is 1.65. The molecule has 0 saturated heterocycles. The Morgan fingerprint density at radius 3 is 2.45 bits per heavy atom. The predicted octanol–water partition coefficient (Wildman–Crippen LogP) is 3.57. The molecule has 0 bridgehead atoms. The van der Waals surface area contributed by atoms with Crippen LogP contribution in [0.3, 0.4) is 0 Å². The molecule has 2 aromatic rings. The van der Waals surface area contributed by atoms with Crippen molar-refractivity contribution >= 4 is 11.6 Å². The molecule has 0 saturated carbocycles. The number of aliphatic hydroxyl groups excluding tert-OH is 1. The number of halogens is 1. The van der Waals surface area contributed by atoms with E-state index in [9.17, 15) is 5.11 Å². The van der Waals surface area contributed by atoms with Gasteiger partial charge in [0.05, 0.1) is 19.3 Å². The zero-order valence-corrected chi connectivity index (χ0v) is 13.5. The average Bonchev–Trinajstić information content (AvgIpc) is 2.55. The Labute approximate surface area is 136 Å². The first kappa shape index (κ1) is 17.0. The molecule has 0 amide bonds. The highest BCUT2D eigenvalue weighted by molar-refractivity contribution is 6.30. The molecule has 2 atom stereocenters. The average molecular weight is 320 g/mol. The quantitative estimate of drug-likeness (QED) is 0.781. The molecule has 4 heteroatoms. The number of aliphatic hydroxyl groups is 1. The molecule has 0 fully saturated rings. The van der Waals surface area contributed by atoms with Gasteiger partial charge in [-0.3, -0.25) is 0 Å². The lowest BCUT2D eigenvalue weighted by Gasteiger charge is -2.17. The van der Waals surface area contributed by atoms with Crippen molar-refractivity contribution in [3.8, 4) is 0 Å². The van der Waals surface area contributed by atoms with Crippen LogP contribution in [0.1, 0.15) is 24.1 Å². The summed E-state index contributed by atoms with van der Waals surface area (Å²) in [6.07, 6.45) is -0.529.